The van der Waals surface area contributed by atoms with Crippen LogP contribution in [0.1, 0.15) is 82.0 Å². The van der Waals surface area contributed by atoms with Crippen molar-refractivity contribution in [3.63, 3.8) is 0 Å². The standard InChI is InChI=1S/C33H43NO3/c1-21(6-11-28(23-7-8-23)32(37)25-14-17-34-18-15-25)29-12-13-30-24(5-4-16-33(29,30)3)9-10-26-19-27(35)20-31(36)22(26)2/h6,9-11,14-15,17-18,21,23,27-31,35-36H,2,4-5,7-8,12-13,16,19-20H2,1,3H3/t21-,27-,28-,29-,30+,31+,33-/m1/s1. The number of carbonyl (C=O) groups is 1. The van der Waals surface area contributed by atoms with Gasteiger partial charge >= 0.3 is 0 Å². The van der Waals surface area contributed by atoms with Gasteiger partial charge in [-0.15, -0.1) is 0 Å². The van der Waals surface area contributed by atoms with Crippen molar-refractivity contribution in [1.82, 2.24) is 4.98 Å². The van der Waals surface area contributed by atoms with Gasteiger partial charge in [0.1, 0.15) is 0 Å². The van der Waals surface area contributed by atoms with Gasteiger partial charge in [0.05, 0.1) is 12.2 Å². The van der Waals surface area contributed by atoms with Crippen molar-refractivity contribution in [3.8, 4) is 0 Å². The Bertz CT molecular complexity index is 1100. The van der Waals surface area contributed by atoms with Gasteiger partial charge in [-0.05, 0) is 104 Å². The van der Waals surface area contributed by atoms with E-state index in [1.54, 1.807) is 12.4 Å². The molecule has 0 bridgehead atoms. The van der Waals surface area contributed by atoms with Gasteiger partial charge in [0.2, 0.25) is 0 Å². The number of hydrogen-bond acceptors (Lipinski definition) is 4. The maximum absolute atomic E-state index is 13.2. The largest absolute Gasteiger partial charge is 0.393 e. The normalized spacial score (nSPS) is 36.2. The Labute approximate surface area is 222 Å². The number of carbonyl (C=O) groups excluding carboxylic acids is 1. The molecule has 0 saturated heterocycles. The van der Waals surface area contributed by atoms with Crippen molar-refractivity contribution in [3.05, 3.63) is 77.7 Å². The van der Waals surface area contributed by atoms with Gasteiger partial charge in [-0.25, -0.2) is 0 Å². The Kier molecular flexibility index (Phi) is 7.70. The highest BCUT2D eigenvalue weighted by Crippen LogP contribution is 2.59. The molecule has 7 atom stereocenters. The Morgan fingerprint density at radius 2 is 1.89 bits per heavy atom. The third kappa shape index (κ3) is 5.47. The van der Waals surface area contributed by atoms with Crippen LogP contribution < -0.4 is 0 Å². The minimum atomic E-state index is -0.640. The van der Waals surface area contributed by atoms with E-state index in [1.807, 2.05) is 12.1 Å². The highest BCUT2D eigenvalue weighted by molar-refractivity contribution is 5.99. The molecule has 0 unspecified atom stereocenters. The maximum Gasteiger partial charge on any atom is 0.170 e. The summed E-state index contributed by atoms with van der Waals surface area (Å²) < 4.78 is 0. The average molecular weight is 502 g/mol. The number of aliphatic hydroxyl groups is 2. The number of Topliss-reactive ketones (excluding diaryl/α,β-unsaturated/α-hetero) is 1. The molecule has 0 aliphatic heterocycles. The summed E-state index contributed by atoms with van der Waals surface area (Å²) in [7, 11) is 0. The van der Waals surface area contributed by atoms with Gasteiger partial charge in [0.15, 0.2) is 5.78 Å². The molecule has 4 nitrogen and oxygen atoms in total. The van der Waals surface area contributed by atoms with Crippen LogP contribution in [0.25, 0.3) is 0 Å². The van der Waals surface area contributed by atoms with E-state index in [-0.39, 0.29) is 17.1 Å². The Morgan fingerprint density at radius 3 is 2.62 bits per heavy atom. The predicted octanol–water partition coefficient (Wildman–Crippen LogP) is 6.62. The highest BCUT2D eigenvalue weighted by atomic mass is 16.3. The van der Waals surface area contributed by atoms with Crippen LogP contribution in [0.4, 0.5) is 0 Å². The number of nitrogens with zero attached hydrogens (tertiary/aromatic N) is 1. The van der Waals surface area contributed by atoms with Crippen molar-refractivity contribution in [2.24, 2.45) is 35.0 Å². The first-order chi connectivity index (χ1) is 17.8. The molecule has 4 aliphatic carbocycles. The highest BCUT2D eigenvalue weighted by Gasteiger charge is 2.50. The molecule has 0 spiro atoms. The Morgan fingerprint density at radius 1 is 1.14 bits per heavy atom. The van der Waals surface area contributed by atoms with Crippen LogP contribution in [0.15, 0.2) is 72.1 Å². The summed E-state index contributed by atoms with van der Waals surface area (Å²) in [6.07, 6.45) is 20.5. The predicted molar refractivity (Wildman–Crippen MR) is 148 cm³/mol. The fourth-order valence-electron chi connectivity index (χ4n) is 7.66. The second-order valence-corrected chi connectivity index (χ2v) is 12.4. The number of rotatable bonds is 7. The second kappa shape index (κ2) is 10.8. The molecule has 1 aromatic rings. The van der Waals surface area contributed by atoms with Crippen molar-refractivity contribution < 1.29 is 15.0 Å². The lowest BCUT2D eigenvalue weighted by Gasteiger charge is -2.44. The van der Waals surface area contributed by atoms with Gasteiger partial charge in [-0.3, -0.25) is 9.78 Å². The smallest absolute Gasteiger partial charge is 0.170 e. The summed E-state index contributed by atoms with van der Waals surface area (Å²) in [6, 6.07) is 3.68. The number of aromatic nitrogens is 1. The summed E-state index contributed by atoms with van der Waals surface area (Å²) in [5, 5.41) is 20.3. The SMILES string of the molecule is C=C1C(=CC=C2CCC[C@]3(C)[C@@H]([C@H](C)C=C[C@@H](C(=O)c4ccncc4)C4CC4)CC[C@@H]23)C[C@@H](O)C[C@@H]1O. The minimum Gasteiger partial charge on any atom is -0.393 e. The van der Waals surface area contributed by atoms with Crippen LogP contribution in [0, 0.1) is 35.0 Å². The quantitative estimate of drug-likeness (QED) is 0.325. The van der Waals surface area contributed by atoms with Gasteiger partial charge < -0.3 is 10.2 Å². The van der Waals surface area contributed by atoms with Crippen LogP contribution in [0.2, 0.25) is 0 Å². The number of aliphatic hydroxyl groups excluding tert-OH is 2. The fraction of sp³-hybridized carbons (Fsp3) is 0.576. The molecule has 1 heterocycles. The molecule has 4 fully saturated rings. The van der Waals surface area contributed by atoms with Crippen molar-refractivity contribution in [2.75, 3.05) is 0 Å². The van der Waals surface area contributed by atoms with E-state index in [9.17, 15) is 15.0 Å². The molecule has 2 N–H and O–H groups in total. The van der Waals surface area contributed by atoms with E-state index in [1.165, 1.54) is 31.3 Å². The molecule has 37 heavy (non-hydrogen) atoms. The minimum absolute atomic E-state index is 0.0161. The molecule has 0 amide bonds. The lowest BCUT2D eigenvalue weighted by atomic mass is 9.61. The number of allylic oxidation sites excluding steroid dienone is 5. The topological polar surface area (TPSA) is 70.4 Å². The molecule has 198 valence electrons. The summed E-state index contributed by atoms with van der Waals surface area (Å²) in [6.45, 7) is 8.92. The van der Waals surface area contributed by atoms with Crippen LogP contribution >= 0.6 is 0 Å². The zero-order valence-corrected chi connectivity index (χ0v) is 22.5. The van der Waals surface area contributed by atoms with E-state index in [2.05, 4.69) is 49.7 Å². The zero-order valence-electron chi connectivity index (χ0n) is 22.5. The Balaban J connectivity index is 1.30. The first kappa shape index (κ1) is 26.3. The fourth-order valence-corrected chi connectivity index (χ4v) is 7.66. The van der Waals surface area contributed by atoms with Crippen LogP contribution in [-0.4, -0.2) is 33.2 Å². The first-order valence-corrected chi connectivity index (χ1v) is 14.4. The van der Waals surface area contributed by atoms with Crippen LogP contribution in [0.3, 0.4) is 0 Å². The van der Waals surface area contributed by atoms with E-state index in [0.717, 1.165) is 36.0 Å². The molecule has 5 rings (SSSR count). The second-order valence-electron chi connectivity index (χ2n) is 12.4. The molecule has 0 aromatic carbocycles. The zero-order chi connectivity index (χ0) is 26.2. The van der Waals surface area contributed by atoms with E-state index >= 15 is 0 Å². The van der Waals surface area contributed by atoms with Crippen molar-refractivity contribution >= 4 is 5.78 Å². The van der Waals surface area contributed by atoms with Gasteiger partial charge in [-0.1, -0.05) is 50.3 Å². The van der Waals surface area contributed by atoms with Gasteiger partial charge in [-0.2, -0.15) is 0 Å². The third-order valence-electron chi connectivity index (χ3n) is 9.96. The molecular formula is C33H43NO3. The molecular weight excluding hydrogens is 458 g/mol. The van der Waals surface area contributed by atoms with E-state index in [0.29, 0.717) is 36.5 Å². The monoisotopic (exact) mass is 501 g/mol. The summed E-state index contributed by atoms with van der Waals surface area (Å²) in [5.74, 6) is 2.32. The first-order valence-electron chi connectivity index (χ1n) is 14.4. The van der Waals surface area contributed by atoms with E-state index < -0.39 is 12.2 Å². The lowest BCUT2D eigenvalue weighted by Crippen LogP contribution is -2.35. The third-order valence-corrected chi connectivity index (χ3v) is 9.96. The molecule has 4 heteroatoms. The number of pyridine rings is 1. The number of ketones is 1. The van der Waals surface area contributed by atoms with Crippen molar-refractivity contribution in [1.29, 1.82) is 0 Å². The summed E-state index contributed by atoms with van der Waals surface area (Å²) in [5.41, 5.74) is 4.30. The number of fused-ring (bicyclic) bond motifs is 1. The summed E-state index contributed by atoms with van der Waals surface area (Å²) >= 11 is 0. The van der Waals surface area contributed by atoms with Gasteiger partial charge in [0, 0.05) is 30.3 Å². The summed E-state index contributed by atoms with van der Waals surface area (Å²) in [4.78, 5) is 17.3. The maximum atomic E-state index is 13.2. The molecule has 1 aromatic heterocycles. The average Bonchev–Trinajstić information content (AvgIpc) is 3.66. The Hall–Kier alpha value is -2.30. The van der Waals surface area contributed by atoms with Crippen LogP contribution in [-0.2, 0) is 0 Å². The molecule has 0 radical (unpaired) electrons. The molecule has 4 aliphatic rings. The molecule has 4 saturated carbocycles. The van der Waals surface area contributed by atoms with Gasteiger partial charge in [0.25, 0.3) is 0 Å². The number of hydrogen-bond donors (Lipinski definition) is 2. The lowest BCUT2D eigenvalue weighted by molar-refractivity contribution is 0.0861. The van der Waals surface area contributed by atoms with Crippen LogP contribution in [0.5, 0.6) is 0 Å². The van der Waals surface area contributed by atoms with Crippen molar-refractivity contribution in [2.45, 2.75) is 83.8 Å². The van der Waals surface area contributed by atoms with E-state index in [4.69, 9.17) is 0 Å².